The lowest BCUT2D eigenvalue weighted by molar-refractivity contribution is -0.138. The zero-order valence-corrected chi connectivity index (χ0v) is 10.6. The molecular formula is C14H19NO3. The van der Waals surface area contributed by atoms with Gasteiger partial charge in [-0.25, -0.2) is 0 Å². The summed E-state index contributed by atoms with van der Waals surface area (Å²) in [5.74, 6) is 0.403. The Morgan fingerprint density at radius 1 is 1.44 bits per heavy atom. The molecule has 1 aliphatic rings. The zero-order chi connectivity index (χ0) is 13.0. The average molecular weight is 249 g/mol. The van der Waals surface area contributed by atoms with Gasteiger partial charge in [0, 0.05) is 6.54 Å². The molecule has 0 radical (unpaired) electrons. The SMILES string of the molecule is CCOc1ccc(CNCC2CC2C(=O)O)cc1. The number of carbonyl (C=O) groups is 1. The van der Waals surface area contributed by atoms with Crippen LogP contribution in [0.25, 0.3) is 0 Å². The standard InChI is InChI=1S/C14H19NO3/c1-2-18-12-5-3-10(4-6-12)8-15-9-11-7-13(11)14(16)17/h3-6,11,13,15H,2,7-9H2,1H3,(H,16,17). The van der Waals surface area contributed by atoms with Crippen LogP contribution in [0.15, 0.2) is 24.3 Å². The first kappa shape index (κ1) is 12.9. The molecule has 1 saturated carbocycles. The molecular weight excluding hydrogens is 230 g/mol. The quantitative estimate of drug-likeness (QED) is 0.775. The van der Waals surface area contributed by atoms with Crippen LogP contribution < -0.4 is 10.1 Å². The van der Waals surface area contributed by atoms with Crippen molar-refractivity contribution in [3.63, 3.8) is 0 Å². The maximum atomic E-state index is 10.7. The number of carboxylic acid groups (broad SMARTS) is 1. The summed E-state index contributed by atoms with van der Waals surface area (Å²) in [4.78, 5) is 10.7. The van der Waals surface area contributed by atoms with Crippen molar-refractivity contribution in [2.24, 2.45) is 11.8 Å². The summed E-state index contributed by atoms with van der Waals surface area (Å²) >= 11 is 0. The van der Waals surface area contributed by atoms with Crippen molar-refractivity contribution in [1.82, 2.24) is 5.32 Å². The van der Waals surface area contributed by atoms with E-state index in [0.29, 0.717) is 12.5 Å². The lowest BCUT2D eigenvalue weighted by atomic mass is 10.2. The van der Waals surface area contributed by atoms with Crippen LogP contribution in [0.1, 0.15) is 18.9 Å². The van der Waals surface area contributed by atoms with Crippen molar-refractivity contribution in [3.8, 4) is 5.75 Å². The van der Waals surface area contributed by atoms with Crippen molar-refractivity contribution in [1.29, 1.82) is 0 Å². The van der Waals surface area contributed by atoms with E-state index in [1.54, 1.807) is 0 Å². The van der Waals surface area contributed by atoms with Gasteiger partial charge in [0.1, 0.15) is 5.75 Å². The van der Waals surface area contributed by atoms with E-state index in [9.17, 15) is 4.79 Å². The summed E-state index contributed by atoms with van der Waals surface area (Å²) in [6.45, 7) is 4.19. The summed E-state index contributed by atoms with van der Waals surface area (Å²) < 4.78 is 5.37. The maximum Gasteiger partial charge on any atom is 0.306 e. The zero-order valence-electron chi connectivity index (χ0n) is 10.6. The summed E-state index contributed by atoms with van der Waals surface area (Å²) in [6, 6.07) is 7.97. The van der Waals surface area contributed by atoms with Gasteiger partial charge < -0.3 is 15.2 Å². The van der Waals surface area contributed by atoms with Gasteiger partial charge in [-0.2, -0.15) is 0 Å². The molecule has 0 amide bonds. The highest BCUT2D eigenvalue weighted by molar-refractivity contribution is 5.73. The molecule has 0 aliphatic heterocycles. The van der Waals surface area contributed by atoms with E-state index in [-0.39, 0.29) is 5.92 Å². The number of ether oxygens (including phenoxy) is 1. The normalized spacial score (nSPS) is 21.6. The lowest BCUT2D eigenvalue weighted by Crippen LogP contribution is -2.18. The van der Waals surface area contributed by atoms with Crippen LogP contribution >= 0.6 is 0 Å². The fourth-order valence-electron chi connectivity index (χ4n) is 2.05. The lowest BCUT2D eigenvalue weighted by Gasteiger charge is -2.06. The Labute approximate surface area is 107 Å². The highest BCUT2D eigenvalue weighted by Crippen LogP contribution is 2.37. The number of aliphatic carboxylic acids is 1. The van der Waals surface area contributed by atoms with Crippen LogP contribution in [0.4, 0.5) is 0 Å². The average Bonchev–Trinajstić information content (AvgIpc) is 3.11. The van der Waals surface area contributed by atoms with Crippen LogP contribution in [-0.2, 0) is 11.3 Å². The Hall–Kier alpha value is -1.55. The van der Waals surface area contributed by atoms with Crippen LogP contribution in [-0.4, -0.2) is 24.2 Å². The molecule has 2 atom stereocenters. The molecule has 0 spiro atoms. The summed E-state index contributed by atoms with van der Waals surface area (Å²) in [7, 11) is 0. The van der Waals surface area contributed by atoms with E-state index in [1.165, 1.54) is 5.56 Å². The van der Waals surface area contributed by atoms with Crippen molar-refractivity contribution in [2.75, 3.05) is 13.2 Å². The highest BCUT2D eigenvalue weighted by atomic mass is 16.5. The minimum Gasteiger partial charge on any atom is -0.494 e. The first-order valence-electron chi connectivity index (χ1n) is 6.36. The smallest absolute Gasteiger partial charge is 0.306 e. The Morgan fingerprint density at radius 3 is 2.72 bits per heavy atom. The van der Waals surface area contributed by atoms with Gasteiger partial charge in [-0.1, -0.05) is 12.1 Å². The summed E-state index contributed by atoms with van der Waals surface area (Å²) in [5.41, 5.74) is 1.19. The molecule has 98 valence electrons. The van der Waals surface area contributed by atoms with Gasteiger partial charge in [0.05, 0.1) is 12.5 Å². The topological polar surface area (TPSA) is 58.6 Å². The predicted molar refractivity (Wildman–Crippen MR) is 68.6 cm³/mol. The number of hydrogen-bond donors (Lipinski definition) is 2. The molecule has 1 aromatic rings. The van der Waals surface area contributed by atoms with E-state index in [4.69, 9.17) is 9.84 Å². The number of carboxylic acids is 1. The number of hydrogen-bond acceptors (Lipinski definition) is 3. The third-order valence-electron chi connectivity index (χ3n) is 3.21. The fraction of sp³-hybridized carbons (Fsp3) is 0.500. The second kappa shape index (κ2) is 5.87. The number of benzene rings is 1. The number of rotatable bonds is 7. The minimum atomic E-state index is -0.664. The fourth-order valence-corrected chi connectivity index (χ4v) is 2.05. The van der Waals surface area contributed by atoms with Crippen LogP contribution in [0, 0.1) is 11.8 Å². The molecule has 1 aliphatic carbocycles. The molecule has 2 rings (SSSR count). The van der Waals surface area contributed by atoms with Crippen molar-refractivity contribution in [2.45, 2.75) is 19.9 Å². The van der Waals surface area contributed by atoms with Gasteiger partial charge in [0.15, 0.2) is 0 Å². The van der Waals surface area contributed by atoms with Crippen LogP contribution in [0.5, 0.6) is 5.75 Å². The largest absolute Gasteiger partial charge is 0.494 e. The van der Waals surface area contributed by atoms with E-state index < -0.39 is 5.97 Å². The monoisotopic (exact) mass is 249 g/mol. The Morgan fingerprint density at radius 2 is 2.17 bits per heavy atom. The predicted octanol–water partition coefficient (Wildman–Crippen LogP) is 1.90. The van der Waals surface area contributed by atoms with Crippen LogP contribution in [0.3, 0.4) is 0 Å². The van der Waals surface area contributed by atoms with Gasteiger partial charge >= 0.3 is 5.97 Å². The van der Waals surface area contributed by atoms with Gasteiger partial charge in [-0.15, -0.1) is 0 Å². The second-order valence-corrected chi connectivity index (χ2v) is 4.65. The van der Waals surface area contributed by atoms with Gasteiger partial charge in [0.2, 0.25) is 0 Å². The van der Waals surface area contributed by atoms with E-state index in [2.05, 4.69) is 5.32 Å². The Bertz CT molecular complexity index is 402. The van der Waals surface area contributed by atoms with Gasteiger partial charge in [-0.3, -0.25) is 4.79 Å². The van der Waals surface area contributed by atoms with E-state index in [0.717, 1.165) is 25.3 Å². The Balaban J connectivity index is 1.69. The molecule has 4 nitrogen and oxygen atoms in total. The van der Waals surface area contributed by atoms with Gasteiger partial charge in [0.25, 0.3) is 0 Å². The minimum absolute atomic E-state index is 0.127. The molecule has 0 bridgehead atoms. The molecule has 18 heavy (non-hydrogen) atoms. The molecule has 2 N–H and O–H groups in total. The van der Waals surface area contributed by atoms with E-state index >= 15 is 0 Å². The highest BCUT2D eigenvalue weighted by Gasteiger charge is 2.42. The summed E-state index contributed by atoms with van der Waals surface area (Å²) in [6.07, 6.45) is 0.811. The first-order chi connectivity index (χ1) is 8.70. The molecule has 0 heterocycles. The van der Waals surface area contributed by atoms with Crippen LogP contribution in [0.2, 0.25) is 0 Å². The molecule has 1 aromatic carbocycles. The van der Waals surface area contributed by atoms with Gasteiger partial charge in [-0.05, 0) is 43.5 Å². The summed E-state index contributed by atoms with van der Waals surface area (Å²) in [5, 5.41) is 12.1. The Kier molecular flexibility index (Phi) is 4.20. The molecule has 0 saturated heterocycles. The van der Waals surface area contributed by atoms with Crippen molar-refractivity contribution < 1.29 is 14.6 Å². The first-order valence-corrected chi connectivity index (χ1v) is 6.36. The second-order valence-electron chi connectivity index (χ2n) is 4.65. The molecule has 0 aromatic heterocycles. The molecule has 2 unspecified atom stereocenters. The van der Waals surface area contributed by atoms with E-state index in [1.807, 2.05) is 31.2 Å². The molecule has 4 heteroatoms. The van der Waals surface area contributed by atoms with Crippen molar-refractivity contribution >= 4 is 5.97 Å². The molecule has 1 fully saturated rings. The third kappa shape index (κ3) is 3.47. The third-order valence-corrected chi connectivity index (χ3v) is 3.21. The van der Waals surface area contributed by atoms with Crippen molar-refractivity contribution in [3.05, 3.63) is 29.8 Å². The number of nitrogens with one attached hydrogen (secondary N) is 1. The maximum absolute atomic E-state index is 10.7.